The van der Waals surface area contributed by atoms with Crippen LogP contribution in [0.2, 0.25) is 0 Å². The number of fused-ring (bicyclic) bond motifs is 1. The molecule has 34 heavy (non-hydrogen) atoms. The fraction of sp³-hybridized carbons (Fsp3) is 0.348. The molecule has 1 amide bonds. The maximum atomic E-state index is 13.5. The number of nitrogens with one attached hydrogen (secondary N) is 1. The highest BCUT2D eigenvalue weighted by molar-refractivity contribution is 7.90. The molecule has 3 aromatic rings. The second-order valence-electron chi connectivity index (χ2n) is 8.34. The summed E-state index contributed by atoms with van der Waals surface area (Å²) < 4.78 is 34.9. The minimum Gasteiger partial charge on any atom is -0.477 e. The first-order valence-corrected chi connectivity index (χ1v) is 12.7. The van der Waals surface area contributed by atoms with Crippen LogP contribution >= 0.6 is 0 Å². The molecule has 11 heteroatoms. The van der Waals surface area contributed by atoms with Gasteiger partial charge in [-0.2, -0.15) is 0 Å². The molecule has 1 saturated carbocycles. The summed E-state index contributed by atoms with van der Waals surface area (Å²) in [5.41, 5.74) is 1.54. The van der Waals surface area contributed by atoms with Crippen LogP contribution in [0.25, 0.3) is 11.3 Å². The van der Waals surface area contributed by atoms with Crippen LogP contribution in [-0.4, -0.2) is 60.3 Å². The Hall–Kier alpha value is -3.44. The molecule has 176 valence electrons. The molecule has 1 aromatic carbocycles. The van der Waals surface area contributed by atoms with Crippen LogP contribution < -0.4 is 10.1 Å². The number of nitrogens with zero attached hydrogens (tertiary/aromatic N) is 4. The fourth-order valence-electron chi connectivity index (χ4n) is 4.62. The fourth-order valence-corrected chi connectivity index (χ4v) is 5.18. The SMILES string of the molecule is CCOc1cncc(-c2ccc(NC(=O)C3(c4cc(S(C)(=O)=O)ncn4)[C@@H]4COC[C@@H]43)cc2)n1. The summed E-state index contributed by atoms with van der Waals surface area (Å²) >= 11 is 0. The highest BCUT2D eigenvalue weighted by Gasteiger charge is 2.73. The Labute approximate surface area is 196 Å². The molecule has 1 aliphatic carbocycles. The molecule has 0 spiro atoms. The van der Waals surface area contributed by atoms with Crippen molar-refractivity contribution in [3.8, 4) is 17.1 Å². The molecule has 3 heterocycles. The van der Waals surface area contributed by atoms with Crippen molar-refractivity contribution in [2.24, 2.45) is 11.8 Å². The van der Waals surface area contributed by atoms with Gasteiger partial charge in [-0.1, -0.05) is 12.1 Å². The van der Waals surface area contributed by atoms with E-state index in [-0.39, 0.29) is 22.8 Å². The van der Waals surface area contributed by atoms with Gasteiger partial charge in [-0.15, -0.1) is 0 Å². The lowest BCUT2D eigenvalue weighted by atomic mass is 9.94. The normalized spacial score (nSPS) is 23.2. The molecule has 1 aliphatic heterocycles. The molecule has 3 atom stereocenters. The molecular formula is C23H23N5O5S. The molecule has 1 unspecified atom stereocenters. The first-order chi connectivity index (χ1) is 16.3. The molecule has 2 fully saturated rings. The molecule has 2 aromatic heterocycles. The van der Waals surface area contributed by atoms with Gasteiger partial charge < -0.3 is 14.8 Å². The van der Waals surface area contributed by atoms with Gasteiger partial charge in [0.1, 0.15) is 11.7 Å². The Morgan fingerprint density at radius 1 is 1.18 bits per heavy atom. The average Bonchev–Trinajstić information content (AvgIpc) is 3.20. The minimum atomic E-state index is -3.54. The number of carbonyl (C=O) groups excluding carboxylic acids is 1. The minimum absolute atomic E-state index is 0.0642. The van der Waals surface area contributed by atoms with Gasteiger partial charge in [-0.25, -0.2) is 23.4 Å². The summed E-state index contributed by atoms with van der Waals surface area (Å²) in [6.45, 7) is 3.21. The van der Waals surface area contributed by atoms with Gasteiger partial charge in [0.05, 0.1) is 43.6 Å². The van der Waals surface area contributed by atoms with Crippen molar-refractivity contribution in [3.05, 3.63) is 54.7 Å². The van der Waals surface area contributed by atoms with E-state index in [1.165, 1.54) is 12.4 Å². The molecule has 1 N–H and O–H groups in total. The van der Waals surface area contributed by atoms with Crippen molar-refractivity contribution < 1.29 is 22.7 Å². The predicted octanol–water partition coefficient (Wildman–Crippen LogP) is 1.89. The Bertz CT molecular complexity index is 1340. The summed E-state index contributed by atoms with van der Waals surface area (Å²) in [5, 5.41) is 2.87. The molecule has 2 aliphatic rings. The largest absolute Gasteiger partial charge is 0.477 e. The second kappa shape index (κ2) is 8.41. The van der Waals surface area contributed by atoms with Crippen LogP contribution in [-0.2, 0) is 24.8 Å². The number of hydrogen-bond donors (Lipinski definition) is 1. The van der Waals surface area contributed by atoms with Crippen molar-refractivity contribution in [3.63, 3.8) is 0 Å². The topological polar surface area (TPSA) is 133 Å². The second-order valence-corrected chi connectivity index (χ2v) is 10.3. The summed E-state index contributed by atoms with van der Waals surface area (Å²) in [4.78, 5) is 30.3. The number of hydrogen-bond acceptors (Lipinski definition) is 9. The van der Waals surface area contributed by atoms with Gasteiger partial charge in [0.15, 0.2) is 14.9 Å². The standard InChI is InChI=1S/C23H23N5O5S/c1-3-33-20-10-24-9-18(28-20)14-4-6-15(7-5-14)27-22(29)23(16-11-32-12-17(16)23)19-8-21(26-13-25-19)34(2,30)31/h4-10,13,16-17H,3,11-12H2,1-2H3,(H,27,29)/t16-,17+,23?. The summed E-state index contributed by atoms with van der Waals surface area (Å²) in [6.07, 6.45) is 5.48. The van der Waals surface area contributed by atoms with Crippen LogP contribution in [0.1, 0.15) is 12.6 Å². The van der Waals surface area contributed by atoms with Crippen LogP contribution in [0.15, 0.2) is 54.1 Å². The molecule has 0 bridgehead atoms. The zero-order valence-electron chi connectivity index (χ0n) is 18.6. The molecule has 1 saturated heterocycles. The third-order valence-corrected chi connectivity index (χ3v) is 7.29. The summed E-state index contributed by atoms with van der Waals surface area (Å²) in [5.74, 6) is 0.0753. The lowest BCUT2D eigenvalue weighted by Gasteiger charge is -2.20. The van der Waals surface area contributed by atoms with Crippen molar-refractivity contribution in [2.75, 3.05) is 31.4 Å². The van der Waals surface area contributed by atoms with E-state index in [0.29, 0.717) is 42.8 Å². The van der Waals surface area contributed by atoms with Gasteiger partial charge in [0.25, 0.3) is 0 Å². The van der Waals surface area contributed by atoms with E-state index in [9.17, 15) is 13.2 Å². The maximum absolute atomic E-state index is 13.5. The third kappa shape index (κ3) is 3.80. The van der Waals surface area contributed by atoms with Gasteiger partial charge in [-0.3, -0.25) is 9.78 Å². The monoisotopic (exact) mass is 481 g/mol. The van der Waals surface area contributed by atoms with E-state index in [1.54, 1.807) is 24.5 Å². The van der Waals surface area contributed by atoms with Gasteiger partial charge in [0.2, 0.25) is 11.8 Å². The maximum Gasteiger partial charge on any atom is 0.237 e. The smallest absolute Gasteiger partial charge is 0.237 e. The van der Waals surface area contributed by atoms with E-state index < -0.39 is 15.3 Å². The van der Waals surface area contributed by atoms with Gasteiger partial charge in [-0.05, 0) is 25.1 Å². The van der Waals surface area contributed by atoms with Gasteiger partial charge in [0, 0.05) is 29.3 Å². The number of amides is 1. The molecule has 10 nitrogen and oxygen atoms in total. The number of sulfone groups is 1. The third-order valence-electron chi connectivity index (χ3n) is 6.31. The zero-order valence-corrected chi connectivity index (χ0v) is 19.4. The number of ether oxygens (including phenoxy) is 2. The van der Waals surface area contributed by atoms with Crippen molar-refractivity contribution in [1.82, 2.24) is 19.9 Å². The highest BCUT2D eigenvalue weighted by Crippen LogP contribution is 2.63. The molecule has 5 rings (SSSR count). The van der Waals surface area contributed by atoms with Crippen LogP contribution in [0.5, 0.6) is 5.88 Å². The highest BCUT2D eigenvalue weighted by atomic mass is 32.2. The Morgan fingerprint density at radius 2 is 1.91 bits per heavy atom. The number of carbonyl (C=O) groups is 1. The average molecular weight is 482 g/mol. The lowest BCUT2D eigenvalue weighted by Crippen LogP contribution is -2.35. The first-order valence-electron chi connectivity index (χ1n) is 10.8. The number of rotatable bonds is 7. The Balaban J connectivity index is 1.40. The van der Waals surface area contributed by atoms with E-state index in [1.807, 2.05) is 19.1 Å². The Morgan fingerprint density at radius 3 is 2.59 bits per heavy atom. The number of aromatic nitrogens is 4. The van der Waals surface area contributed by atoms with Crippen molar-refractivity contribution in [2.45, 2.75) is 17.4 Å². The number of benzene rings is 1. The predicted molar refractivity (Wildman–Crippen MR) is 122 cm³/mol. The van der Waals surface area contributed by atoms with Crippen LogP contribution in [0.3, 0.4) is 0 Å². The van der Waals surface area contributed by atoms with E-state index in [4.69, 9.17) is 9.47 Å². The van der Waals surface area contributed by atoms with E-state index in [2.05, 4.69) is 25.3 Å². The van der Waals surface area contributed by atoms with Gasteiger partial charge >= 0.3 is 0 Å². The van der Waals surface area contributed by atoms with Crippen molar-refractivity contribution in [1.29, 1.82) is 0 Å². The lowest BCUT2D eigenvalue weighted by molar-refractivity contribution is -0.120. The van der Waals surface area contributed by atoms with Crippen molar-refractivity contribution >= 4 is 21.4 Å². The quantitative estimate of drug-likeness (QED) is 0.502. The first kappa shape index (κ1) is 22.4. The molecular weight excluding hydrogens is 458 g/mol. The summed E-state index contributed by atoms with van der Waals surface area (Å²) in [7, 11) is -3.54. The Kier molecular flexibility index (Phi) is 5.53. The zero-order chi connectivity index (χ0) is 23.9. The number of anilines is 1. The van der Waals surface area contributed by atoms with Crippen LogP contribution in [0, 0.1) is 11.8 Å². The molecule has 0 radical (unpaired) electrons. The van der Waals surface area contributed by atoms with Crippen LogP contribution in [0.4, 0.5) is 5.69 Å². The summed E-state index contributed by atoms with van der Waals surface area (Å²) in [6, 6.07) is 8.65. The van der Waals surface area contributed by atoms with E-state index in [0.717, 1.165) is 11.8 Å². The van der Waals surface area contributed by atoms with E-state index >= 15 is 0 Å².